The van der Waals surface area contributed by atoms with Gasteiger partial charge in [-0.15, -0.1) is 12.4 Å². The molecule has 1 aliphatic heterocycles. The number of hydrogen-bond donors (Lipinski definition) is 1. The number of carbonyl (C=O) groups excluding carboxylic acids is 1. The Morgan fingerprint density at radius 3 is 2.56 bits per heavy atom. The summed E-state index contributed by atoms with van der Waals surface area (Å²) < 4.78 is 41.6. The van der Waals surface area contributed by atoms with Crippen LogP contribution >= 0.6 is 12.4 Å². The molecule has 8 heteroatoms. The molecule has 16 heavy (non-hydrogen) atoms. The van der Waals surface area contributed by atoms with Crippen molar-refractivity contribution in [1.82, 2.24) is 4.90 Å². The van der Waals surface area contributed by atoms with Crippen LogP contribution in [0.5, 0.6) is 0 Å². The fourth-order valence-corrected chi connectivity index (χ4v) is 1.36. The molecule has 2 unspecified atom stereocenters. The van der Waals surface area contributed by atoms with Gasteiger partial charge < -0.3 is 15.4 Å². The van der Waals surface area contributed by atoms with Crippen molar-refractivity contribution in [3.63, 3.8) is 0 Å². The highest BCUT2D eigenvalue weighted by Gasteiger charge is 2.44. The first-order chi connectivity index (χ1) is 6.82. The second-order valence-electron chi connectivity index (χ2n) is 3.48. The number of amides is 1. The standard InChI is InChI=1S/C8H13F3N2O2.ClH/c1-5-4-13(2-3-15-5)7(14)6(12)8(9,10)11;/h5-6H,2-4,12H2,1H3;1H. The number of hydrogen-bond acceptors (Lipinski definition) is 3. The quantitative estimate of drug-likeness (QED) is 0.751. The van der Waals surface area contributed by atoms with Crippen LogP contribution in [0.3, 0.4) is 0 Å². The van der Waals surface area contributed by atoms with E-state index in [1.165, 1.54) is 0 Å². The summed E-state index contributed by atoms with van der Waals surface area (Å²) in [5.41, 5.74) is 4.81. The van der Waals surface area contributed by atoms with Crippen molar-refractivity contribution in [3.8, 4) is 0 Å². The minimum atomic E-state index is -4.68. The van der Waals surface area contributed by atoms with Gasteiger partial charge in [0.25, 0.3) is 0 Å². The Labute approximate surface area is 97.3 Å². The fraction of sp³-hybridized carbons (Fsp3) is 0.875. The summed E-state index contributed by atoms with van der Waals surface area (Å²) in [5.74, 6) is -1.09. The minimum Gasteiger partial charge on any atom is -0.375 e. The number of rotatable bonds is 1. The van der Waals surface area contributed by atoms with Crippen LogP contribution in [0.4, 0.5) is 13.2 Å². The Morgan fingerprint density at radius 2 is 2.12 bits per heavy atom. The van der Waals surface area contributed by atoms with Crippen molar-refractivity contribution in [2.75, 3.05) is 19.7 Å². The van der Waals surface area contributed by atoms with Gasteiger partial charge in [0.2, 0.25) is 5.91 Å². The lowest BCUT2D eigenvalue weighted by Crippen LogP contribution is -2.55. The van der Waals surface area contributed by atoms with E-state index in [2.05, 4.69) is 0 Å². The highest BCUT2D eigenvalue weighted by atomic mass is 35.5. The molecule has 0 radical (unpaired) electrons. The zero-order valence-corrected chi connectivity index (χ0v) is 9.48. The summed E-state index contributed by atoms with van der Waals surface area (Å²) >= 11 is 0. The molecule has 1 fully saturated rings. The van der Waals surface area contributed by atoms with Crippen LogP contribution in [0.15, 0.2) is 0 Å². The summed E-state index contributed by atoms with van der Waals surface area (Å²) in [6, 6.07) is -2.43. The molecular weight excluding hydrogens is 249 g/mol. The molecule has 2 N–H and O–H groups in total. The van der Waals surface area contributed by atoms with Crippen LogP contribution in [0.2, 0.25) is 0 Å². The number of carbonyl (C=O) groups is 1. The average molecular weight is 263 g/mol. The molecule has 2 atom stereocenters. The predicted molar refractivity (Wildman–Crippen MR) is 53.3 cm³/mol. The van der Waals surface area contributed by atoms with Gasteiger partial charge >= 0.3 is 6.18 Å². The Bertz CT molecular complexity index is 250. The van der Waals surface area contributed by atoms with E-state index in [9.17, 15) is 18.0 Å². The first kappa shape index (κ1) is 15.5. The van der Waals surface area contributed by atoms with Gasteiger partial charge in [-0.2, -0.15) is 13.2 Å². The Morgan fingerprint density at radius 1 is 1.56 bits per heavy atom. The van der Waals surface area contributed by atoms with Crippen molar-refractivity contribution in [3.05, 3.63) is 0 Å². The summed E-state index contributed by atoms with van der Waals surface area (Å²) in [4.78, 5) is 12.4. The zero-order chi connectivity index (χ0) is 11.6. The van der Waals surface area contributed by atoms with Gasteiger partial charge in [-0.25, -0.2) is 0 Å². The van der Waals surface area contributed by atoms with Gasteiger partial charge in [-0.3, -0.25) is 4.79 Å². The van der Waals surface area contributed by atoms with Gasteiger partial charge in [0.1, 0.15) is 0 Å². The highest BCUT2D eigenvalue weighted by Crippen LogP contribution is 2.20. The maximum absolute atomic E-state index is 12.1. The van der Waals surface area contributed by atoms with Gasteiger partial charge in [0, 0.05) is 13.1 Å². The molecule has 1 aliphatic rings. The molecule has 0 spiro atoms. The van der Waals surface area contributed by atoms with Crippen LogP contribution in [-0.4, -0.2) is 48.8 Å². The highest BCUT2D eigenvalue weighted by molar-refractivity contribution is 5.85. The molecule has 0 aromatic heterocycles. The van der Waals surface area contributed by atoms with E-state index in [-0.39, 0.29) is 38.2 Å². The third-order valence-electron chi connectivity index (χ3n) is 2.17. The van der Waals surface area contributed by atoms with Gasteiger partial charge in [0.05, 0.1) is 12.7 Å². The van der Waals surface area contributed by atoms with E-state index in [1.54, 1.807) is 6.92 Å². The van der Waals surface area contributed by atoms with E-state index < -0.39 is 18.1 Å². The van der Waals surface area contributed by atoms with Crippen molar-refractivity contribution in [2.45, 2.75) is 25.2 Å². The monoisotopic (exact) mass is 262 g/mol. The van der Waals surface area contributed by atoms with Crippen molar-refractivity contribution in [1.29, 1.82) is 0 Å². The number of alkyl halides is 3. The summed E-state index contributed by atoms with van der Waals surface area (Å²) in [6.45, 7) is 2.26. The van der Waals surface area contributed by atoms with Gasteiger partial charge in [-0.05, 0) is 6.92 Å². The van der Waals surface area contributed by atoms with E-state index in [0.717, 1.165) is 4.90 Å². The van der Waals surface area contributed by atoms with Gasteiger partial charge in [0.15, 0.2) is 6.04 Å². The van der Waals surface area contributed by atoms with Crippen LogP contribution < -0.4 is 5.73 Å². The first-order valence-corrected chi connectivity index (χ1v) is 4.55. The van der Waals surface area contributed by atoms with Gasteiger partial charge in [-0.1, -0.05) is 0 Å². The molecular formula is C8H14ClF3N2O2. The van der Waals surface area contributed by atoms with E-state index in [4.69, 9.17) is 10.5 Å². The van der Waals surface area contributed by atoms with E-state index in [1.807, 2.05) is 0 Å². The maximum Gasteiger partial charge on any atom is 0.412 e. The number of halogens is 4. The lowest BCUT2D eigenvalue weighted by molar-refractivity contribution is -0.173. The molecule has 0 saturated carbocycles. The molecule has 0 aliphatic carbocycles. The molecule has 1 heterocycles. The summed E-state index contributed by atoms with van der Waals surface area (Å²) in [7, 11) is 0. The molecule has 1 saturated heterocycles. The molecule has 1 rings (SSSR count). The number of ether oxygens (including phenoxy) is 1. The summed E-state index contributed by atoms with van der Waals surface area (Å²) in [5, 5.41) is 0. The van der Waals surface area contributed by atoms with E-state index >= 15 is 0 Å². The molecule has 0 aromatic carbocycles. The van der Waals surface area contributed by atoms with Crippen LogP contribution in [0.25, 0.3) is 0 Å². The van der Waals surface area contributed by atoms with Crippen molar-refractivity contribution in [2.24, 2.45) is 5.73 Å². The lowest BCUT2D eigenvalue weighted by atomic mass is 10.2. The van der Waals surface area contributed by atoms with Crippen LogP contribution in [0.1, 0.15) is 6.92 Å². The maximum atomic E-state index is 12.1. The SMILES string of the molecule is CC1CN(C(=O)C(N)C(F)(F)F)CCO1.Cl. The molecule has 1 amide bonds. The second kappa shape index (κ2) is 5.70. The lowest BCUT2D eigenvalue weighted by Gasteiger charge is -2.33. The second-order valence-corrected chi connectivity index (χ2v) is 3.48. The molecule has 0 bridgehead atoms. The van der Waals surface area contributed by atoms with Crippen LogP contribution in [0, 0.1) is 0 Å². The number of nitrogens with two attached hydrogens (primary N) is 1. The average Bonchev–Trinajstić information content (AvgIpc) is 2.14. The van der Waals surface area contributed by atoms with Crippen molar-refractivity contribution < 1.29 is 22.7 Å². The number of nitrogens with zero attached hydrogens (tertiary/aromatic N) is 1. The molecule has 4 nitrogen and oxygen atoms in total. The Hall–Kier alpha value is -0.530. The van der Waals surface area contributed by atoms with Crippen molar-refractivity contribution >= 4 is 18.3 Å². The largest absolute Gasteiger partial charge is 0.412 e. The molecule has 96 valence electrons. The predicted octanol–water partition coefficient (Wildman–Crippen LogP) is 0.545. The van der Waals surface area contributed by atoms with E-state index in [0.29, 0.717) is 0 Å². The number of morpholine rings is 1. The smallest absolute Gasteiger partial charge is 0.375 e. The normalized spacial score (nSPS) is 23.6. The fourth-order valence-electron chi connectivity index (χ4n) is 1.36. The van der Waals surface area contributed by atoms with Crippen LogP contribution in [-0.2, 0) is 9.53 Å². The zero-order valence-electron chi connectivity index (χ0n) is 8.66. The Balaban J connectivity index is 0.00000225. The first-order valence-electron chi connectivity index (χ1n) is 4.55. The molecule has 0 aromatic rings. The minimum absolute atomic E-state index is 0. The third kappa shape index (κ3) is 3.80. The topological polar surface area (TPSA) is 55.6 Å². The third-order valence-corrected chi connectivity index (χ3v) is 2.17. The Kier molecular flexibility index (Phi) is 5.51. The summed E-state index contributed by atoms with van der Waals surface area (Å²) in [6.07, 6.45) is -4.93.